The number of phenols is 1. The Balaban J connectivity index is 1.67. The van der Waals surface area contributed by atoms with E-state index in [-0.39, 0.29) is 27.8 Å². The Morgan fingerprint density at radius 1 is 1.30 bits per heavy atom. The number of nitrogens with zero attached hydrogens (tertiary/aromatic N) is 1. The summed E-state index contributed by atoms with van der Waals surface area (Å²) in [7, 11) is 0. The van der Waals surface area contributed by atoms with Crippen molar-refractivity contribution in [2.45, 2.75) is 25.4 Å². The zero-order valence-electron chi connectivity index (χ0n) is 18.2. The second kappa shape index (κ2) is 11.6. The van der Waals surface area contributed by atoms with Gasteiger partial charge in [0.25, 0.3) is 5.91 Å². The molecule has 1 aliphatic heterocycles. The number of carboxylic acid groups (broad SMARTS) is 1. The minimum absolute atomic E-state index is 0.0477. The van der Waals surface area contributed by atoms with Crippen LogP contribution in [0.4, 0.5) is 0 Å². The van der Waals surface area contributed by atoms with E-state index < -0.39 is 23.7 Å². The monoisotopic (exact) mass is 495 g/mol. The molecule has 0 bridgehead atoms. The lowest BCUT2D eigenvalue weighted by Crippen LogP contribution is -2.50. The number of halogens is 2. The number of hydrogen-bond donors (Lipinski definition) is 4. The van der Waals surface area contributed by atoms with Gasteiger partial charge in [-0.1, -0.05) is 53.5 Å². The van der Waals surface area contributed by atoms with Crippen LogP contribution in [-0.2, 0) is 11.2 Å². The number of hydrogen-bond acceptors (Lipinski definition) is 6. The number of amides is 1. The normalized spacial score (nSPS) is 17.4. The number of aromatic hydroxyl groups is 1. The smallest absolute Gasteiger partial charge is 0.326 e. The van der Waals surface area contributed by atoms with Crippen molar-refractivity contribution < 1.29 is 24.5 Å². The quantitative estimate of drug-likeness (QED) is 0.423. The average Bonchev–Trinajstić information content (AvgIpc) is 2.78. The number of nitrogens with one attached hydrogen (secondary N) is 2. The van der Waals surface area contributed by atoms with Gasteiger partial charge in [0.2, 0.25) is 0 Å². The number of benzene rings is 2. The van der Waals surface area contributed by atoms with E-state index >= 15 is 0 Å². The Bertz CT molecular complexity index is 990. The maximum Gasteiger partial charge on any atom is 0.326 e. The van der Waals surface area contributed by atoms with Gasteiger partial charge in [-0.15, -0.1) is 0 Å². The largest absolute Gasteiger partial charge is 0.505 e. The van der Waals surface area contributed by atoms with E-state index in [2.05, 4.69) is 22.5 Å². The average molecular weight is 496 g/mol. The number of phenolic OH excluding ortho intramolecular Hbond substituents is 1. The molecule has 8 nitrogen and oxygen atoms in total. The van der Waals surface area contributed by atoms with E-state index in [0.29, 0.717) is 19.2 Å². The highest BCUT2D eigenvalue weighted by atomic mass is 35.5. The van der Waals surface area contributed by atoms with Crippen LogP contribution in [0.15, 0.2) is 36.4 Å². The molecule has 0 spiro atoms. The summed E-state index contributed by atoms with van der Waals surface area (Å²) < 4.78 is 5.71. The van der Waals surface area contributed by atoms with Crippen LogP contribution in [-0.4, -0.2) is 71.9 Å². The minimum Gasteiger partial charge on any atom is -0.505 e. The molecule has 4 N–H and O–H groups in total. The molecule has 2 aromatic carbocycles. The van der Waals surface area contributed by atoms with Gasteiger partial charge in [0.1, 0.15) is 17.7 Å². The van der Waals surface area contributed by atoms with Gasteiger partial charge in [-0.2, -0.15) is 0 Å². The van der Waals surface area contributed by atoms with Crippen LogP contribution in [0.1, 0.15) is 22.8 Å². The summed E-state index contributed by atoms with van der Waals surface area (Å²) in [4.78, 5) is 26.6. The molecular weight excluding hydrogens is 469 g/mol. The highest BCUT2D eigenvalue weighted by Crippen LogP contribution is 2.42. The molecule has 1 fully saturated rings. The fourth-order valence-corrected chi connectivity index (χ4v) is 4.24. The second-order valence-corrected chi connectivity index (χ2v) is 8.74. The summed E-state index contributed by atoms with van der Waals surface area (Å²) in [6.45, 7) is 5.75. The highest BCUT2D eigenvalue weighted by molar-refractivity contribution is 6.39. The lowest BCUT2D eigenvalue weighted by atomic mass is 10.1. The molecule has 1 amide bonds. The number of piperazine rings is 1. The summed E-state index contributed by atoms with van der Waals surface area (Å²) in [5.41, 5.74) is 0.515. The summed E-state index contributed by atoms with van der Waals surface area (Å²) in [5.74, 6) is -2.45. The fraction of sp³-hybridized carbons (Fsp3) is 0.391. The molecule has 0 radical (unpaired) electrons. The molecule has 2 unspecified atom stereocenters. The van der Waals surface area contributed by atoms with Crippen molar-refractivity contribution in [3.8, 4) is 11.5 Å². The van der Waals surface area contributed by atoms with Crippen LogP contribution in [0.2, 0.25) is 10.0 Å². The van der Waals surface area contributed by atoms with Crippen LogP contribution in [0, 0.1) is 0 Å². The Morgan fingerprint density at radius 3 is 2.70 bits per heavy atom. The first-order chi connectivity index (χ1) is 15.8. The van der Waals surface area contributed by atoms with Crippen molar-refractivity contribution in [2.24, 2.45) is 0 Å². The predicted molar refractivity (Wildman–Crippen MR) is 127 cm³/mol. The first-order valence-corrected chi connectivity index (χ1v) is 11.4. The lowest BCUT2D eigenvalue weighted by Gasteiger charge is -2.31. The number of aliphatic carboxylic acids is 1. The highest BCUT2D eigenvalue weighted by Gasteiger charge is 2.26. The van der Waals surface area contributed by atoms with Gasteiger partial charge in [0.05, 0.1) is 10.6 Å². The van der Waals surface area contributed by atoms with Gasteiger partial charge in [-0.05, 0) is 18.6 Å². The summed E-state index contributed by atoms with van der Waals surface area (Å²) in [6, 6.07) is 9.32. The number of carboxylic acids is 1. The van der Waals surface area contributed by atoms with Crippen molar-refractivity contribution >= 4 is 35.1 Å². The van der Waals surface area contributed by atoms with Crippen molar-refractivity contribution in [1.29, 1.82) is 0 Å². The zero-order chi connectivity index (χ0) is 24.0. The fourth-order valence-electron chi connectivity index (χ4n) is 3.67. The molecule has 33 heavy (non-hydrogen) atoms. The SMILES string of the molecule is CC1CN(CCOc2c(Cl)cc(C(=O)NC(Cc3ccccc3)C(=O)O)c(O)c2Cl)CCN1. The molecule has 0 aliphatic carbocycles. The Morgan fingerprint density at radius 2 is 2.03 bits per heavy atom. The van der Waals surface area contributed by atoms with E-state index in [9.17, 15) is 19.8 Å². The molecule has 10 heteroatoms. The third-order valence-corrected chi connectivity index (χ3v) is 6.02. The molecule has 0 aromatic heterocycles. The molecule has 2 aromatic rings. The summed E-state index contributed by atoms with van der Waals surface area (Å²) >= 11 is 12.5. The van der Waals surface area contributed by atoms with Crippen LogP contribution >= 0.6 is 23.2 Å². The maximum atomic E-state index is 12.7. The maximum absolute atomic E-state index is 12.7. The van der Waals surface area contributed by atoms with Gasteiger partial charge in [0, 0.05) is 38.6 Å². The molecule has 1 saturated heterocycles. The molecule has 3 rings (SSSR count). The predicted octanol–water partition coefficient (Wildman–Crippen LogP) is 2.80. The van der Waals surface area contributed by atoms with Gasteiger partial charge in [-0.3, -0.25) is 9.69 Å². The topological polar surface area (TPSA) is 111 Å². The Kier molecular flexibility index (Phi) is 8.80. The van der Waals surface area contributed by atoms with E-state index in [1.54, 1.807) is 24.3 Å². The van der Waals surface area contributed by atoms with E-state index in [1.165, 1.54) is 6.07 Å². The minimum atomic E-state index is -1.20. The van der Waals surface area contributed by atoms with Crippen LogP contribution in [0.5, 0.6) is 11.5 Å². The van der Waals surface area contributed by atoms with E-state index in [0.717, 1.165) is 25.2 Å². The lowest BCUT2D eigenvalue weighted by molar-refractivity contribution is -0.139. The number of carbonyl (C=O) groups is 2. The third-order valence-electron chi connectivity index (χ3n) is 5.39. The van der Waals surface area contributed by atoms with Crippen molar-refractivity contribution in [1.82, 2.24) is 15.5 Å². The van der Waals surface area contributed by atoms with Crippen molar-refractivity contribution in [3.05, 3.63) is 57.6 Å². The number of rotatable bonds is 9. The Labute approximate surface area is 202 Å². The van der Waals surface area contributed by atoms with Crippen LogP contribution in [0.25, 0.3) is 0 Å². The van der Waals surface area contributed by atoms with Gasteiger partial charge < -0.3 is 25.6 Å². The second-order valence-electron chi connectivity index (χ2n) is 7.96. The molecule has 2 atom stereocenters. The van der Waals surface area contributed by atoms with Crippen molar-refractivity contribution in [3.63, 3.8) is 0 Å². The molecule has 1 aliphatic rings. The first kappa shape index (κ1) is 25.1. The van der Waals surface area contributed by atoms with Crippen LogP contribution in [0.3, 0.4) is 0 Å². The summed E-state index contributed by atoms with van der Waals surface area (Å²) in [5, 5.41) is 25.6. The zero-order valence-corrected chi connectivity index (χ0v) is 19.7. The van der Waals surface area contributed by atoms with E-state index in [4.69, 9.17) is 27.9 Å². The Hall–Kier alpha value is -2.52. The van der Waals surface area contributed by atoms with Gasteiger partial charge in [-0.25, -0.2) is 4.79 Å². The third kappa shape index (κ3) is 6.74. The molecule has 1 heterocycles. The van der Waals surface area contributed by atoms with Crippen LogP contribution < -0.4 is 15.4 Å². The van der Waals surface area contributed by atoms with Gasteiger partial charge >= 0.3 is 5.97 Å². The molecule has 178 valence electrons. The number of ether oxygens (including phenoxy) is 1. The van der Waals surface area contributed by atoms with E-state index in [1.807, 2.05) is 6.07 Å². The summed E-state index contributed by atoms with van der Waals surface area (Å²) in [6.07, 6.45) is 0.0793. The molecule has 0 saturated carbocycles. The first-order valence-electron chi connectivity index (χ1n) is 10.6. The molecular formula is C23H27Cl2N3O5. The number of carbonyl (C=O) groups excluding carboxylic acids is 1. The standard InChI is InChI=1S/C23H27Cl2N3O5/c1-14-13-28(8-7-26-14)9-10-33-21-17(24)12-16(20(29)19(21)25)22(30)27-18(23(31)32)11-15-5-3-2-4-6-15/h2-6,12,14,18,26,29H,7-11,13H2,1H3,(H,27,30)(H,31,32). The van der Waals surface area contributed by atoms with Crippen molar-refractivity contribution in [2.75, 3.05) is 32.8 Å². The van der Waals surface area contributed by atoms with Gasteiger partial charge in [0.15, 0.2) is 11.5 Å².